The Morgan fingerprint density at radius 3 is 2.44 bits per heavy atom. The van der Waals surface area contributed by atoms with Crippen LogP contribution >= 0.6 is 0 Å². The zero-order chi connectivity index (χ0) is 11.5. The quantitative estimate of drug-likeness (QED) is 0.760. The van der Waals surface area contributed by atoms with Crippen LogP contribution in [0.5, 0.6) is 0 Å². The molecule has 1 heterocycles. The summed E-state index contributed by atoms with van der Waals surface area (Å²) in [6, 6.07) is 1.25. The van der Waals surface area contributed by atoms with E-state index in [2.05, 4.69) is 35.8 Å². The van der Waals surface area contributed by atoms with Crippen LogP contribution in [0.1, 0.15) is 20.3 Å². The third-order valence-electron chi connectivity index (χ3n) is 3.65. The Kier molecular flexibility index (Phi) is 3.66. The van der Waals surface area contributed by atoms with Gasteiger partial charge in [-0.3, -0.25) is 9.80 Å². The topological polar surface area (TPSA) is 32.5 Å². The second-order valence-corrected chi connectivity index (χ2v) is 5.03. The van der Waals surface area contributed by atoms with Gasteiger partial charge in [0.15, 0.2) is 0 Å². The molecule has 0 saturated carbocycles. The van der Waals surface area contributed by atoms with Crippen LogP contribution in [-0.2, 0) is 0 Å². The van der Waals surface area contributed by atoms with E-state index in [0.717, 1.165) is 12.1 Å². The summed E-state index contributed by atoms with van der Waals surface area (Å²) in [5.41, 5.74) is 6.65. The zero-order valence-electron chi connectivity index (χ0n) is 10.4. The first kappa shape index (κ1) is 11.7. The van der Waals surface area contributed by atoms with Gasteiger partial charge in [-0.15, -0.1) is 0 Å². The molecule has 0 aromatic carbocycles. The molecule has 0 spiro atoms. The van der Waals surface area contributed by atoms with E-state index in [1.165, 1.54) is 26.2 Å². The summed E-state index contributed by atoms with van der Waals surface area (Å²) in [6.45, 7) is 9.31. The summed E-state index contributed by atoms with van der Waals surface area (Å²) in [5.74, 6) is 0. The molecule has 1 aliphatic carbocycles. The van der Waals surface area contributed by atoms with Crippen LogP contribution < -0.4 is 5.73 Å². The van der Waals surface area contributed by atoms with E-state index in [1.807, 2.05) is 6.08 Å². The van der Waals surface area contributed by atoms with Crippen molar-refractivity contribution in [2.24, 2.45) is 5.73 Å². The average Bonchev–Trinajstić information content (AvgIpc) is 2.30. The molecule has 0 bridgehead atoms. The highest BCUT2D eigenvalue weighted by Crippen LogP contribution is 2.16. The summed E-state index contributed by atoms with van der Waals surface area (Å²) in [6.07, 6.45) is 7.51. The first-order valence-electron chi connectivity index (χ1n) is 6.29. The highest BCUT2D eigenvalue weighted by molar-refractivity contribution is 5.22. The van der Waals surface area contributed by atoms with E-state index in [0.29, 0.717) is 12.1 Å². The molecule has 3 heteroatoms. The molecule has 2 N–H and O–H groups in total. The summed E-state index contributed by atoms with van der Waals surface area (Å²) in [7, 11) is 0. The van der Waals surface area contributed by atoms with Crippen molar-refractivity contribution < 1.29 is 0 Å². The van der Waals surface area contributed by atoms with Gasteiger partial charge >= 0.3 is 0 Å². The Morgan fingerprint density at radius 1 is 1.25 bits per heavy atom. The van der Waals surface area contributed by atoms with Gasteiger partial charge in [0.2, 0.25) is 0 Å². The highest BCUT2D eigenvalue weighted by Gasteiger charge is 2.23. The number of piperazine rings is 1. The van der Waals surface area contributed by atoms with Crippen molar-refractivity contribution in [3.63, 3.8) is 0 Å². The molecule has 16 heavy (non-hydrogen) atoms. The molecule has 1 fully saturated rings. The number of hydrogen-bond donors (Lipinski definition) is 1. The summed E-state index contributed by atoms with van der Waals surface area (Å²) in [5, 5.41) is 0. The first-order valence-corrected chi connectivity index (χ1v) is 6.29. The number of nitrogens with zero attached hydrogens (tertiary/aromatic N) is 2. The number of allylic oxidation sites excluding steroid dienone is 1. The van der Waals surface area contributed by atoms with E-state index < -0.39 is 0 Å². The Bertz CT molecular complexity index is 286. The lowest BCUT2D eigenvalue weighted by molar-refractivity contribution is 0.0916. The minimum absolute atomic E-state index is 0.571. The largest absolute Gasteiger partial charge is 0.399 e. The predicted octanol–water partition coefficient (Wildman–Crippen LogP) is 1.18. The molecule has 1 unspecified atom stereocenters. The Hall–Kier alpha value is -0.800. The minimum Gasteiger partial charge on any atom is -0.399 e. The lowest BCUT2D eigenvalue weighted by Gasteiger charge is -2.40. The lowest BCUT2D eigenvalue weighted by atomic mass is 10.0. The van der Waals surface area contributed by atoms with Crippen molar-refractivity contribution in [2.75, 3.05) is 26.2 Å². The molecule has 0 amide bonds. The molecule has 0 aromatic heterocycles. The van der Waals surface area contributed by atoms with Gasteiger partial charge in [-0.25, -0.2) is 0 Å². The van der Waals surface area contributed by atoms with E-state index >= 15 is 0 Å². The van der Waals surface area contributed by atoms with Crippen molar-refractivity contribution >= 4 is 0 Å². The Morgan fingerprint density at radius 2 is 1.94 bits per heavy atom. The summed E-state index contributed by atoms with van der Waals surface area (Å²) in [4.78, 5) is 5.12. The molecular formula is C13H23N3. The second-order valence-electron chi connectivity index (χ2n) is 5.03. The fraction of sp³-hybridized carbons (Fsp3) is 0.692. The van der Waals surface area contributed by atoms with Crippen molar-refractivity contribution in [1.29, 1.82) is 0 Å². The average molecular weight is 221 g/mol. The molecular weight excluding hydrogens is 198 g/mol. The van der Waals surface area contributed by atoms with Gasteiger partial charge in [-0.2, -0.15) is 0 Å². The van der Waals surface area contributed by atoms with E-state index in [4.69, 9.17) is 5.73 Å². The number of hydrogen-bond acceptors (Lipinski definition) is 3. The Balaban J connectivity index is 1.84. The zero-order valence-corrected chi connectivity index (χ0v) is 10.4. The van der Waals surface area contributed by atoms with Crippen LogP contribution in [0.25, 0.3) is 0 Å². The third-order valence-corrected chi connectivity index (χ3v) is 3.65. The normalized spacial score (nSPS) is 28.4. The molecule has 2 rings (SSSR count). The number of nitrogens with two attached hydrogens (primary N) is 1. The van der Waals surface area contributed by atoms with Crippen LogP contribution in [0.15, 0.2) is 23.9 Å². The van der Waals surface area contributed by atoms with Crippen molar-refractivity contribution in [3.8, 4) is 0 Å². The molecule has 1 atom stereocenters. The number of rotatable bonds is 2. The second kappa shape index (κ2) is 5.02. The molecule has 0 aromatic rings. The SMILES string of the molecule is CC(C)N1CCN(C2C=CC(N)=CC2)CC1. The molecule has 1 saturated heterocycles. The maximum atomic E-state index is 5.74. The standard InChI is InChI=1S/C13H23N3/c1-11(2)15-7-9-16(10-8-15)13-5-3-12(14)4-6-13/h3-5,11,13H,6-10,14H2,1-2H3. The van der Waals surface area contributed by atoms with Crippen molar-refractivity contribution in [1.82, 2.24) is 9.80 Å². The van der Waals surface area contributed by atoms with Gasteiger partial charge in [0.1, 0.15) is 0 Å². The maximum Gasteiger partial charge on any atom is 0.0318 e. The predicted molar refractivity (Wildman–Crippen MR) is 68.1 cm³/mol. The van der Waals surface area contributed by atoms with Gasteiger partial charge in [-0.05, 0) is 26.3 Å². The van der Waals surface area contributed by atoms with Crippen LogP contribution in [0.2, 0.25) is 0 Å². The lowest BCUT2D eigenvalue weighted by Crippen LogP contribution is -2.51. The van der Waals surface area contributed by atoms with E-state index in [-0.39, 0.29) is 0 Å². The van der Waals surface area contributed by atoms with E-state index in [9.17, 15) is 0 Å². The highest BCUT2D eigenvalue weighted by atomic mass is 15.3. The molecule has 1 aliphatic heterocycles. The molecule has 3 nitrogen and oxygen atoms in total. The minimum atomic E-state index is 0.571. The van der Waals surface area contributed by atoms with Gasteiger partial charge in [0.25, 0.3) is 0 Å². The van der Waals surface area contributed by atoms with Crippen molar-refractivity contribution in [2.45, 2.75) is 32.4 Å². The summed E-state index contributed by atoms with van der Waals surface area (Å²) >= 11 is 0. The van der Waals surface area contributed by atoms with Crippen LogP contribution in [0, 0.1) is 0 Å². The molecule has 90 valence electrons. The van der Waals surface area contributed by atoms with Gasteiger partial charge in [0.05, 0.1) is 0 Å². The monoisotopic (exact) mass is 221 g/mol. The maximum absolute atomic E-state index is 5.74. The molecule has 2 aliphatic rings. The summed E-state index contributed by atoms with van der Waals surface area (Å²) < 4.78 is 0. The third kappa shape index (κ3) is 2.66. The fourth-order valence-electron chi connectivity index (χ4n) is 2.48. The van der Waals surface area contributed by atoms with Crippen LogP contribution in [0.3, 0.4) is 0 Å². The smallest absolute Gasteiger partial charge is 0.0318 e. The Labute approximate surface area is 98.6 Å². The van der Waals surface area contributed by atoms with Crippen LogP contribution in [0.4, 0.5) is 0 Å². The van der Waals surface area contributed by atoms with Crippen molar-refractivity contribution in [3.05, 3.63) is 23.9 Å². The van der Waals surface area contributed by atoms with Gasteiger partial charge < -0.3 is 5.73 Å². The first-order chi connectivity index (χ1) is 7.66. The fourth-order valence-corrected chi connectivity index (χ4v) is 2.48. The molecule has 0 radical (unpaired) electrons. The van der Waals surface area contributed by atoms with Gasteiger partial charge in [0, 0.05) is 44.0 Å². The van der Waals surface area contributed by atoms with Gasteiger partial charge in [-0.1, -0.05) is 12.2 Å². The van der Waals surface area contributed by atoms with Crippen LogP contribution in [-0.4, -0.2) is 48.1 Å². The van der Waals surface area contributed by atoms with E-state index in [1.54, 1.807) is 0 Å².